The van der Waals surface area contributed by atoms with Crippen molar-refractivity contribution in [3.8, 4) is 5.88 Å². The van der Waals surface area contributed by atoms with Crippen molar-refractivity contribution in [1.29, 1.82) is 0 Å². The minimum absolute atomic E-state index is 0.171. The molecule has 1 saturated heterocycles. The fraction of sp³-hybridized carbons (Fsp3) is 0.462. The summed E-state index contributed by atoms with van der Waals surface area (Å²) in [6, 6.07) is 2.49. The number of aliphatic carboxylic acids is 1. The van der Waals surface area contributed by atoms with Crippen molar-refractivity contribution in [2.45, 2.75) is 18.3 Å². The third-order valence-corrected chi connectivity index (χ3v) is 3.26. The molecular formula is C13H12F4N2O4. The van der Waals surface area contributed by atoms with Gasteiger partial charge in [0.15, 0.2) is 6.61 Å². The van der Waals surface area contributed by atoms with Gasteiger partial charge in [-0.2, -0.15) is 13.2 Å². The molecule has 1 fully saturated rings. The van der Waals surface area contributed by atoms with Crippen LogP contribution in [0, 0.1) is 0 Å². The van der Waals surface area contributed by atoms with E-state index in [2.05, 4.69) is 9.72 Å². The number of amides is 1. The zero-order chi connectivity index (χ0) is 17.3. The Morgan fingerprint density at radius 2 is 2.13 bits per heavy atom. The zero-order valence-corrected chi connectivity index (χ0v) is 11.6. The fourth-order valence-corrected chi connectivity index (χ4v) is 2.11. The number of carboxylic acids is 1. The standard InChI is InChI=1S/C13H12F4N2O4/c14-12(11(21)22)3-5-19(6-12)10(20)8-2-1-4-18-9(8)23-7-13(15,16)17/h1-2,4H,3,5-7H2,(H,21,22). The van der Waals surface area contributed by atoms with Gasteiger partial charge < -0.3 is 14.7 Å². The van der Waals surface area contributed by atoms with Gasteiger partial charge >= 0.3 is 12.1 Å². The first-order chi connectivity index (χ1) is 10.6. The van der Waals surface area contributed by atoms with Crippen LogP contribution >= 0.6 is 0 Å². The highest BCUT2D eigenvalue weighted by atomic mass is 19.4. The summed E-state index contributed by atoms with van der Waals surface area (Å²) < 4.78 is 55.1. The number of likely N-dealkylation sites (tertiary alicyclic amines) is 1. The molecule has 23 heavy (non-hydrogen) atoms. The molecule has 1 amide bonds. The molecule has 0 aromatic carbocycles. The van der Waals surface area contributed by atoms with Gasteiger partial charge in [0, 0.05) is 19.2 Å². The monoisotopic (exact) mass is 336 g/mol. The first kappa shape index (κ1) is 17.0. The van der Waals surface area contributed by atoms with Crippen molar-refractivity contribution in [2.24, 2.45) is 0 Å². The Morgan fingerprint density at radius 1 is 1.43 bits per heavy atom. The molecule has 1 N–H and O–H groups in total. The lowest BCUT2D eigenvalue weighted by atomic mass is 10.1. The summed E-state index contributed by atoms with van der Waals surface area (Å²) in [4.78, 5) is 27.6. The summed E-state index contributed by atoms with van der Waals surface area (Å²) >= 11 is 0. The molecule has 1 aliphatic rings. The smallest absolute Gasteiger partial charge is 0.422 e. The van der Waals surface area contributed by atoms with Crippen molar-refractivity contribution in [3.63, 3.8) is 0 Å². The van der Waals surface area contributed by atoms with Gasteiger partial charge in [0.2, 0.25) is 11.5 Å². The number of carbonyl (C=O) groups excluding carboxylic acids is 1. The maximum atomic E-state index is 14.0. The number of ether oxygens (including phenoxy) is 1. The molecule has 1 aliphatic heterocycles. The van der Waals surface area contributed by atoms with E-state index in [0.717, 1.165) is 11.1 Å². The average molecular weight is 336 g/mol. The molecular weight excluding hydrogens is 324 g/mol. The summed E-state index contributed by atoms with van der Waals surface area (Å²) in [6.07, 6.45) is -3.86. The van der Waals surface area contributed by atoms with Crippen molar-refractivity contribution in [2.75, 3.05) is 19.7 Å². The first-order valence-electron chi connectivity index (χ1n) is 6.48. The van der Waals surface area contributed by atoms with Crippen LogP contribution < -0.4 is 4.74 Å². The number of hydrogen-bond donors (Lipinski definition) is 1. The third kappa shape index (κ3) is 3.88. The lowest BCUT2D eigenvalue weighted by Gasteiger charge is -2.19. The summed E-state index contributed by atoms with van der Waals surface area (Å²) in [7, 11) is 0. The minimum atomic E-state index is -4.61. The van der Waals surface area contributed by atoms with E-state index in [0.29, 0.717) is 0 Å². The van der Waals surface area contributed by atoms with E-state index in [4.69, 9.17) is 5.11 Å². The fourth-order valence-electron chi connectivity index (χ4n) is 2.11. The minimum Gasteiger partial charge on any atom is -0.479 e. The summed E-state index contributed by atoms with van der Waals surface area (Å²) in [5.74, 6) is -3.06. The Kier molecular flexibility index (Phi) is 4.44. The Morgan fingerprint density at radius 3 is 2.70 bits per heavy atom. The Balaban J connectivity index is 2.16. The van der Waals surface area contributed by atoms with Crippen LogP contribution in [0.3, 0.4) is 0 Å². The van der Waals surface area contributed by atoms with Crippen LogP contribution in [-0.4, -0.2) is 58.4 Å². The SMILES string of the molecule is O=C(c1cccnc1OCC(F)(F)F)N1CCC(F)(C(=O)O)C1. The Labute approximate surface area is 127 Å². The number of alkyl halides is 4. The van der Waals surface area contributed by atoms with Gasteiger partial charge in [0.05, 0.1) is 6.54 Å². The largest absolute Gasteiger partial charge is 0.479 e. The van der Waals surface area contributed by atoms with Gasteiger partial charge in [-0.25, -0.2) is 14.2 Å². The second kappa shape index (κ2) is 6.01. The van der Waals surface area contributed by atoms with Crippen LogP contribution in [0.5, 0.6) is 5.88 Å². The molecule has 6 nitrogen and oxygen atoms in total. The number of carbonyl (C=O) groups is 2. The van der Waals surface area contributed by atoms with Gasteiger partial charge in [-0.1, -0.05) is 0 Å². The molecule has 1 atom stereocenters. The van der Waals surface area contributed by atoms with Crippen molar-refractivity contribution >= 4 is 11.9 Å². The highest BCUT2D eigenvalue weighted by Gasteiger charge is 2.47. The maximum Gasteiger partial charge on any atom is 0.422 e. The molecule has 1 unspecified atom stereocenters. The highest BCUT2D eigenvalue weighted by molar-refractivity contribution is 5.97. The normalized spacial score (nSPS) is 21.3. The van der Waals surface area contributed by atoms with Crippen molar-refractivity contribution in [1.82, 2.24) is 9.88 Å². The number of pyridine rings is 1. The molecule has 10 heteroatoms. The van der Waals surface area contributed by atoms with Crippen molar-refractivity contribution < 1.29 is 37.0 Å². The number of hydrogen-bond acceptors (Lipinski definition) is 4. The molecule has 0 aliphatic carbocycles. The molecule has 1 aromatic heterocycles. The van der Waals surface area contributed by atoms with Crippen LogP contribution in [0.15, 0.2) is 18.3 Å². The number of carboxylic acid groups (broad SMARTS) is 1. The molecule has 2 heterocycles. The number of halogens is 4. The topological polar surface area (TPSA) is 79.7 Å². The predicted octanol–water partition coefficient (Wildman–Crippen LogP) is 1.66. The van der Waals surface area contributed by atoms with Crippen molar-refractivity contribution in [3.05, 3.63) is 23.9 Å². The number of aromatic nitrogens is 1. The van der Waals surface area contributed by atoms with Gasteiger partial charge in [-0.15, -0.1) is 0 Å². The van der Waals surface area contributed by atoms with E-state index >= 15 is 0 Å². The summed E-state index contributed by atoms with van der Waals surface area (Å²) in [5, 5.41) is 8.80. The van der Waals surface area contributed by atoms with E-state index in [1.165, 1.54) is 12.1 Å². The molecule has 0 bridgehead atoms. The van der Waals surface area contributed by atoms with Crippen LogP contribution in [0.2, 0.25) is 0 Å². The average Bonchev–Trinajstić information content (AvgIpc) is 2.88. The van der Waals surface area contributed by atoms with E-state index in [1.807, 2.05) is 0 Å². The molecule has 0 spiro atoms. The van der Waals surface area contributed by atoms with E-state index in [9.17, 15) is 27.2 Å². The van der Waals surface area contributed by atoms with E-state index in [-0.39, 0.29) is 12.1 Å². The second-order valence-electron chi connectivity index (χ2n) is 5.01. The zero-order valence-electron chi connectivity index (χ0n) is 11.6. The third-order valence-electron chi connectivity index (χ3n) is 3.26. The predicted molar refractivity (Wildman–Crippen MR) is 67.8 cm³/mol. The van der Waals surface area contributed by atoms with Gasteiger partial charge in [-0.05, 0) is 12.1 Å². The highest BCUT2D eigenvalue weighted by Crippen LogP contribution is 2.29. The quantitative estimate of drug-likeness (QED) is 0.846. The van der Waals surface area contributed by atoms with Crippen LogP contribution in [0.25, 0.3) is 0 Å². The lowest BCUT2D eigenvalue weighted by Crippen LogP contribution is -2.39. The van der Waals surface area contributed by atoms with Gasteiger partial charge in [0.1, 0.15) is 5.56 Å². The van der Waals surface area contributed by atoms with E-state index in [1.54, 1.807) is 0 Å². The molecule has 0 radical (unpaired) electrons. The van der Waals surface area contributed by atoms with Gasteiger partial charge in [-0.3, -0.25) is 4.79 Å². The van der Waals surface area contributed by atoms with Gasteiger partial charge in [0.25, 0.3) is 5.91 Å². The van der Waals surface area contributed by atoms with Crippen LogP contribution in [0.1, 0.15) is 16.8 Å². The number of rotatable bonds is 4. The Hall–Kier alpha value is -2.39. The maximum absolute atomic E-state index is 14.0. The summed E-state index contributed by atoms with van der Waals surface area (Å²) in [5.41, 5.74) is -2.85. The molecule has 0 saturated carbocycles. The first-order valence-corrected chi connectivity index (χ1v) is 6.48. The van der Waals surface area contributed by atoms with Crippen LogP contribution in [0.4, 0.5) is 17.6 Å². The van der Waals surface area contributed by atoms with Crippen LogP contribution in [-0.2, 0) is 4.79 Å². The Bertz CT molecular complexity index is 622. The lowest BCUT2D eigenvalue weighted by molar-refractivity contribution is -0.154. The van der Waals surface area contributed by atoms with E-state index < -0.39 is 49.2 Å². The number of nitrogens with zero attached hydrogens (tertiary/aromatic N) is 2. The summed E-state index contributed by atoms with van der Waals surface area (Å²) in [6.45, 7) is -2.49. The molecule has 1 aromatic rings. The second-order valence-corrected chi connectivity index (χ2v) is 5.01. The molecule has 2 rings (SSSR count). The molecule has 126 valence electrons.